The SMILES string of the molecule is COP(=O)(O[C@H]1[C@H]2OC[C@]1(COP(=O)(O)O[C@@H]1[C@H](O)[C@@H](C)O[C@H]1n1cnc3c(=O)[nH]c(N)nc31)O[C@H]2n1cnc2c(N)ncnc21)SCc1ccc(NC(=O)[C@H](C)NC(=O)[C@@H](NC(=O)CCCCCN2C(=O)C=CC2=O)C(C)C)cc1. The predicted octanol–water partition coefficient (Wildman–Crippen LogP) is 1.71. The summed E-state index contributed by atoms with van der Waals surface area (Å²) < 4.78 is 73.0. The molecule has 0 spiro atoms. The van der Waals surface area contributed by atoms with E-state index in [1.54, 1.807) is 38.1 Å². The van der Waals surface area contributed by atoms with Crippen LogP contribution in [0.3, 0.4) is 0 Å². The van der Waals surface area contributed by atoms with Crippen molar-refractivity contribution in [1.82, 2.24) is 54.6 Å². The fourth-order valence-electron chi connectivity index (χ4n) is 9.47. The zero-order valence-corrected chi connectivity index (χ0v) is 46.8. The van der Waals surface area contributed by atoms with Crippen molar-refractivity contribution in [1.29, 1.82) is 0 Å². The Kier molecular flexibility index (Phi) is 17.6. The summed E-state index contributed by atoms with van der Waals surface area (Å²) in [6.45, 7) is 1.42. The third-order valence-electron chi connectivity index (χ3n) is 13.8. The Bertz CT molecular complexity index is 3380. The maximum Gasteiger partial charge on any atom is 0.472 e. The number of ether oxygens (including phenoxy) is 3. The van der Waals surface area contributed by atoms with Crippen molar-refractivity contribution in [3.63, 3.8) is 0 Å². The number of fused-ring (bicyclic) bond motifs is 4. The predicted molar refractivity (Wildman–Crippen MR) is 286 cm³/mol. The van der Waals surface area contributed by atoms with Gasteiger partial charge in [0.15, 0.2) is 35.1 Å². The van der Waals surface area contributed by atoms with Crippen molar-refractivity contribution in [3.8, 4) is 0 Å². The molecule has 31 nitrogen and oxygen atoms in total. The number of carbonyl (C=O) groups is 5. The highest BCUT2D eigenvalue weighted by Crippen LogP contribution is 2.65. The standard InChI is InChI=1S/C47H60N14O17P2S/c1-23(2)31(56-28(62)9-7-6-8-16-59-29(63)14-15-30(59)64)42(67)54-24(3)41(66)55-27-12-10-26(11-13-27)17-81-80(71,72-5)78-37-36-45(60-21-52-32-38(48)50-20-51-39(32)60)76-47(37,18-73-36)19-74-79(69,70)77-35-34(65)25(4)75-44(35)61-22-53-33-40(61)57-46(49)58-43(33)68/h10-15,20-25,31,34-37,44-45,65H,6-9,16-19H2,1-5H3,(H,54,67)(H,55,66)(H,56,62)(H,69,70)(H2,48,50,51)(H3,49,57,58,68)/t24-,25+,31-,34+,35+,36+,37-,44+,45+,47+,80?/m0/s1. The average Bonchev–Trinajstić information content (AvgIpc) is 4.40. The number of amides is 5. The number of anilines is 3. The molecule has 4 aliphatic rings. The van der Waals surface area contributed by atoms with Crippen molar-refractivity contribution < 1.29 is 75.4 Å². The number of carbonyl (C=O) groups excluding carboxylic acids is 5. The lowest BCUT2D eigenvalue weighted by molar-refractivity contribution is -0.184. The Balaban J connectivity index is 0.821. The van der Waals surface area contributed by atoms with Crippen LogP contribution in [0.2, 0.25) is 0 Å². The van der Waals surface area contributed by atoms with E-state index >= 15 is 0 Å². The van der Waals surface area contributed by atoms with E-state index in [9.17, 15) is 47.9 Å². The Hall–Kier alpha value is -6.54. The highest BCUT2D eigenvalue weighted by Gasteiger charge is 2.66. The molecule has 8 heterocycles. The van der Waals surface area contributed by atoms with E-state index in [4.69, 9.17) is 43.8 Å². The van der Waals surface area contributed by atoms with Crippen LogP contribution < -0.4 is 33.0 Å². The molecule has 9 rings (SSSR count). The number of phosphoric ester groups is 1. The normalized spacial score (nSPS) is 25.6. The molecule has 12 atom stereocenters. The van der Waals surface area contributed by atoms with Gasteiger partial charge in [-0.05, 0) is 61.7 Å². The molecule has 4 aliphatic heterocycles. The van der Waals surface area contributed by atoms with Crippen LogP contribution in [-0.4, -0.2) is 159 Å². The molecule has 1 aromatic carbocycles. The monoisotopic (exact) mass is 1190 g/mol. The number of phosphoric acid groups is 1. The fourth-order valence-corrected chi connectivity index (χ4v) is 13.5. The first-order chi connectivity index (χ1) is 38.5. The number of benzene rings is 1. The number of aliphatic hydroxyl groups excluding tert-OH is 1. The summed E-state index contributed by atoms with van der Waals surface area (Å²) in [6, 6.07) is 4.55. The number of nitrogens with one attached hydrogen (secondary N) is 4. The molecule has 34 heteroatoms. The number of nitrogens with two attached hydrogens (primary N) is 2. The van der Waals surface area contributed by atoms with E-state index in [2.05, 4.69) is 45.9 Å². The van der Waals surface area contributed by atoms with Crippen LogP contribution in [0.25, 0.3) is 22.3 Å². The van der Waals surface area contributed by atoms with E-state index in [0.717, 1.165) is 16.3 Å². The maximum absolute atomic E-state index is 14.6. The highest BCUT2D eigenvalue weighted by molar-refractivity contribution is 8.54. The number of hydrogen-bond donors (Lipinski definition) is 8. The van der Waals surface area contributed by atoms with Crippen LogP contribution >= 0.6 is 26.0 Å². The first-order valence-corrected chi connectivity index (χ1v) is 30.1. The van der Waals surface area contributed by atoms with Crippen LogP contribution in [0.1, 0.15) is 71.4 Å². The van der Waals surface area contributed by atoms with Crippen LogP contribution in [0, 0.1) is 5.92 Å². The van der Waals surface area contributed by atoms with Gasteiger partial charge in [-0.1, -0.05) is 32.4 Å². The summed E-state index contributed by atoms with van der Waals surface area (Å²) >= 11 is 0.795. The number of imide groups is 1. The number of imidazole rings is 2. The molecular formula is C47H60N14O17P2S. The van der Waals surface area contributed by atoms with E-state index in [0.29, 0.717) is 30.5 Å². The van der Waals surface area contributed by atoms with Crippen molar-refractivity contribution in [2.45, 2.75) is 120 Å². The van der Waals surface area contributed by atoms with Crippen molar-refractivity contribution in [3.05, 3.63) is 71.3 Å². The lowest BCUT2D eigenvalue weighted by Gasteiger charge is -2.32. The third-order valence-corrected chi connectivity index (χ3v) is 18.5. The molecule has 2 unspecified atom stereocenters. The largest absolute Gasteiger partial charge is 0.472 e. The molecule has 2 bridgehead atoms. The van der Waals surface area contributed by atoms with Gasteiger partial charge in [-0.3, -0.25) is 61.4 Å². The molecule has 5 aromatic rings. The van der Waals surface area contributed by atoms with Crippen LogP contribution in [-0.2, 0) is 71.2 Å². The Labute approximate surface area is 464 Å². The number of aromatic amines is 1. The van der Waals surface area contributed by atoms with Gasteiger partial charge >= 0.3 is 14.6 Å². The maximum atomic E-state index is 14.6. The second kappa shape index (κ2) is 24.1. The van der Waals surface area contributed by atoms with E-state index in [1.165, 1.54) is 61.2 Å². The minimum atomic E-state index is -5.24. The van der Waals surface area contributed by atoms with Crippen molar-refractivity contribution in [2.75, 3.05) is 43.7 Å². The summed E-state index contributed by atoms with van der Waals surface area (Å²) in [7, 11) is -4.07. The summed E-state index contributed by atoms with van der Waals surface area (Å²) in [5, 5.41) is 19.3. The van der Waals surface area contributed by atoms with Gasteiger partial charge in [-0.25, -0.2) is 29.1 Å². The molecule has 5 amide bonds. The van der Waals surface area contributed by atoms with Gasteiger partial charge in [0.1, 0.15) is 53.9 Å². The van der Waals surface area contributed by atoms with Crippen LogP contribution in [0.5, 0.6) is 0 Å². The van der Waals surface area contributed by atoms with E-state index < -0.39 is 99.3 Å². The smallest absolute Gasteiger partial charge is 0.387 e. The van der Waals surface area contributed by atoms with E-state index in [-0.39, 0.29) is 83.1 Å². The minimum Gasteiger partial charge on any atom is -0.387 e. The van der Waals surface area contributed by atoms with Crippen LogP contribution in [0.4, 0.5) is 17.5 Å². The van der Waals surface area contributed by atoms with E-state index in [1.807, 2.05) is 0 Å². The molecule has 0 radical (unpaired) electrons. The molecule has 3 fully saturated rings. The number of nitrogens with zero attached hydrogens (tertiary/aromatic N) is 8. The first kappa shape index (κ1) is 59.1. The number of nitrogen functional groups attached to an aromatic ring is 2. The van der Waals surface area contributed by atoms with Gasteiger partial charge < -0.3 is 56.2 Å². The van der Waals surface area contributed by atoms with Gasteiger partial charge in [0, 0.05) is 43.7 Å². The quantitative estimate of drug-likeness (QED) is 0.0234. The topological polar surface area (TPSA) is 423 Å². The number of hydrogen-bond acceptors (Lipinski definition) is 24. The second-order valence-electron chi connectivity index (χ2n) is 19.8. The Morgan fingerprint density at radius 2 is 1.63 bits per heavy atom. The summed E-state index contributed by atoms with van der Waals surface area (Å²) in [5.41, 5.74) is 10.6. The fraction of sp³-hybridized carbons (Fsp3) is 0.511. The number of aliphatic hydroxyl groups is 1. The summed E-state index contributed by atoms with van der Waals surface area (Å²) in [5.74, 6) is -2.67. The molecular weight excluding hydrogens is 1130 g/mol. The average molecular weight is 1190 g/mol. The highest BCUT2D eigenvalue weighted by atomic mass is 32.7. The zero-order chi connectivity index (χ0) is 58.1. The lowest BCUT2D eigenvalue weighted by Crippen LogP contribution is -2.53. The second-order valence-corrected chi connectivity index (χ2v) is 25.4. The minimum absolute atomic E-state index is 0.0363. The van der Waals surface area contributed by atoms with Crippen molar-refractivity contribution in [2.24, 2.45) is 5.92 Å². The molecule has 81 heavy (non-hydrogen) atoms. The van der Waals surface area contributed by atoms with Gasteiger partial charge in [-0.2, -0.15) is 4.98 Å². The molecule has 0 aliphatic carbocycles. The Morgan fingerprint density at radius 3 is 2.33 bits per heavy atom. The molecule has 3 saturated heterocycles. The number of unbranched alkanes of at least 4 members (excludes halogenated alkanes) is 2. The summed E-state index contributed by atoms with van der Waals surface area (Å²) in [6.07, 6.45) is -1.15. The van der Waals surface area contributed by atoms with Gasteiger partial charge in [0.05, 0.1) is 32.0 Å². The molecule has 0 saturated carbocycles. The molecule has 436 valence electrons. The lowest BCUT2D eigenvalue weighted by atomic mass is 10.0. The molecule has 4 aromatic heterocycles. The number of H-pyrrole nitrogens is 1. The zero-order valence-electron chi connectivity index (χ0n) is 44.2. The Morgan fingerprint density at radius 1 is 0.926 bits per heavy atom. The first-order valence-electron chi connectivity index (χ1n) is 25.4. The molecule has 10 N–H and O–H groups in total. The van der Waals surface area contributed by atoms with Gasteiger partial charge in [0.25, 0.3) is 17.4 Å². The summed E-state index contributed by atoms with van der Waals surface area (Å²) in [4.78, 5) is 111. The third kappa shape index (κ3) is 12.8. The van der Waals surface area contributed by atoms with Gasteiger partial charge in [-0.15, -0.1) is 0 Å². The van der Waals surface area contributed by atoms with Crippen molar-refractivity contribution >= 4 is 95.3 Å². The van der Waals surface area contributed by atoms with Gasteiger partial charge in [0.2, 0.25) is 23.7 Å². The van der Waals surface area contributed by atoms with Crippen LogP contribution in [0.15, 0.2) is 60.2 Å². The number of rotatable bonds is 25. The number of aromatic nitrogens is 8.